The Morgan fingerprint density at radius 1 is 1.32 bits per heavy atom. The summed E-state index contributed by atoms with van der Waals surface area (Å²) >= 11 is 7.65. The van der Waals surface area contributed by atoms with Crippen LogP contribution in [0.2, 0.25) is 5.02 Å². The van der Waals surface area contributed by atoms with E-state index in [0.717, 1.165) is 43.1 Å². The van der Waals surface area contributed by atoms with Crippen LogP contribution in [0.15, 0.2) is 24.3 Å². The van der Waals surface area contributed by atoms with E-state index in [1.807, 2.05) is 29.2 Å². The van der Waals surface area contributed by atoms with Crippen molar-refractivity contribution in [2.45, 2.75) is 25.0 Å². The number of rotatable bonds is 3. The van der Waals surface area contributed by atoms with Crippen LogP contribution in [-0.2, 0) is 4.79 Å². The molecule has 22 heavy (non-hydrogen) atoms. The van der Waals surface area contributed by atoms with E-state index >= 15 is 0 Å². The fraction of sp³-hybridized carbons (Fsp3) is 0.562. The monoisotopic (exact) mass is 340 g/mol. The van der Waals surface area contributed by atoms with E-state index in [2.05, 4.69) is 5.32 Å². The number of piperidine rings is 1. The van der Waals surface area contributed by atoms with Gasteiger partial charge in [0.2, 0.25) is 5.91 Å². The van der Waals surface area contributed by atoms with Gasteiger partial charge in [0.05, 0.1) is 12.1 Å². The standard InChI is InChI=1S/C16H21ClN2O2S/c17-13-3-1-11(2-4-13)15(20)12-5-7-19(8-6-12)16(21)14-9-22-10-18-14/h1-4,12,14-15,18,20H,5-10H2/t14-,15?/m1/s1. The number of benzene rings is 1. The highest BCUT2D eigenvalue weighted by Gasteiger charge is 2.32. The van der Waals surface area contributed by atoms with Gasteiger partial charge in [-0.1, -0.05) is 23.7 Å². The summed E-state index contributed by atoms with van der Waals surface area (Å²) in [6.07, 6.45) is 1.21. The van der Waals surface area contributed by atoms with E-state index in [1.54, 1.807) is 11.8 Å². The van der Waals surface area contributed by atoms with E-state index in [0.29, 0.717) is 5.02 Å². The third kappa shape index (κ3) is 3.59. The predicted octanol–water partition coefficient (Wildman–Crippen LogP) is 2.27. The Labute approximate surface area is 140 Å². The molecule has 2 atom stereocenters. The van der Waals surface area contributed by atoms with E-state index < -0.39 is 6.10 Å². The van der Waals surface area contributed by atoms with Crippen molar-refractivity contribution in [3.8, 4) is 0 Å². The van der Waals surface area contributed by atoms with Gasteiger partial charge in [0.15, 0.2) is 0 Å². The van der Waals surface area contributed by atoms with Crippen molar-refractivity contribution in [1.29, 1.82) is 0 Å². The number of thioether (sulfide) groups is 1. The second-order valence-electron chi connectivity index (χ2n) is 5.93. The van der Waals surface area contributed by atoms with Crippen molar-refractivity contribution in [2.75, 3.05) is 24.7 Å². The Bertz CT molecular complexity index is 511. The molecule has 2 N–H and O–H groups in total. The minimum Gasteiger partial charge on any atom is -0.388 e. The van der Waals surface area contributed by atoms with Gasteiger partial charge in [0, 0.05) is 29.7 Å². The molecule has 4 nitrogen and oxygen atoms in total. The van der Waals surface area contributed by atoms with Crippen LogP contribution in [-0.4, -0.2) is 46.7 Å². The quantitative estimate of drug-likeness (QED) is 0.886. The normalized spacial score (nSPS) is 24.5. The lowest BCUT2D eigenvalue weighted by atomic mass is 9.87. The molecule has 1 aromatic carbocycles. The fourth-order valence-corrected chi connectivity index (χ4v) is 4.20. The molecular formula is C16H21ClN2O2S. The fourth-order valence-electron chi connectivity index (χ4n) is 3.14. The van der Waals surface area contributed by atoms with Gasteiger partial charge in [0.25, 0.3) is 0 Å². The molecular weight excluding hydrogens is 320 g/mol. The summed E-state index contributed by atoms with van der Waals surface area (Å²) in [4.78, 5) is 14.3. The highest BCUT2D eigenvalue weighted by atomic mass is 35.5. The van der Waals surface area contributed by atoms with Crippen LogP contribution in [0.1, 0.15) is 24.5 Å². The number of hydrogen-bond donors (Lipinski definition) is 2. The Balaban J connectivity index is 1.54. The lowest BCUT2D eigenvalue weighted by Gasteiger charge is -2.35. The topological polar surface area (TPSA) is 52.6 Å². The maximum atomic E-state index is 12.4. The molecule has 2 aliphatic rings. The minimum atomic E-state index is -0.477. The maximum absolute atomic E-state index is 12.4. The zero-order valence-electron chi connectivity index (χ0n) is 12.4. The third-order valence-corrected chi connectivity index (χ3v) is 5.72. The van der Waals surface area contributed by atoms with Gasteiger partial charge in [0.1, 0.15) is 0 Å². The van der Waals surface area contributed by atoms with Crippen molar-refractivity contribution in [3.63, 3.8) is 0 Å². The number of aliphatic hydroxyl groups is 1. The van der Waals surface area contributed by atoms with Crippen LogP contribution in [0.4, 0.5) is 0 Å². The Kier molecular flexibility index (Phi) is 5.29. The van der Waals surface area contributed by atoms with Gasteiger partial charge in [-0.15, -0.1) is 11.8 Å². The summed E-state index contributed by atoms with van der Waals surface area (Å²) < 4.78 is 0. The van der Waals surface area contributed by atoms with Gasteiger partial charge in [-0.3, -0.25) is 10.1 Å². The summed E-state index contributed by atoms with van der Waals surface area (Å²) in [7, 11) is 0. The summed E-state index contributed by atoms with van der Waals surface area (Å²) in [5.41, 5.74) is 0.906. The lowest BCUT2D eigenvalue weighted by Crippen LogP contribution is -2.48. The number of carbonyl (C=O) groups excluding carboxylic acids is 1. The maximum Gasteiger partial charge on any atom is 0.240 e. The Hall–Kier alpha value is -0.750. The first-order valence-electron chi connectivity index (χ1n) is 7.68. The summed E-state index contributed by atoms with van der Waals surface area (Å²) in [6, 6.07) is 7.35. The molecule has 0 spiro atoms. The Morgan fingerprint density at radius 3 is 2.59 bits per heavy atom. The van der Waals surface area contributed by atoms with Crippen LogP contribution >= 0.6 is 23.4 Å². The van der Waals surface area contributed by atoms with Crippen molar-refractivity contribution in [3.05, 3.63) is 34.9 Å². The molecule has 2 heterocycles. The highest BCUT2D eigenvalue weighted by molar-refractivity contribution is 7.99. The van der Waals surface area contributed by atoms with Gasteiger partial charge in [-0.05, 0) is 36.5 Å². The molecule has 1 unspecified atom stereocenters. The molecule has 2 fully saturated rings. The van der Waals surface area contributed by atoms with Gasteiger partial charge in [-0.2, -0.15) is 0 Å². The van der Waals surface area contributed by atoms with Crippen LogP contribution in [0.3, 0.4) is 0 Å². The first kappa shape index (κ1) is 16.1. The molecule has 3 rings (SSSR count). The van der Waals surface area contributed by atoms with Crippen LogP contribution in [0, 0.1) is 5.92 Å². The molecule has 120 valence electrons. The SMILES string of the molecule is O=C([C@H]1CSCN1)N1CCC(C(O)c2ccc(Cl)cc2)CC1. The zero-order chi connectivity index (χ0) is 15.5. The van der Waals surface area contributed by atoms with E-state index in [-0.39, 0.29) is 17.9 Å². The highest BCUT2D eigenvalue weighted by Crippen LogP contribution is 2.31. The summed E-state index contributed by atoms with van der Waals surface area (Å²) in [5.74, 6) is 2.15. The Morgan fingerprint density at radius 2 is 2.00 bits per heavy atom. The average Bonchev–Trinajstić information content (AvgIpc) is 3.09. The van der Waals surface area contributed by atoms with Gasteiger partial charge < -0.3 is 10.0 Å². The number of nitrogens with zero attached hydrogens (tertiary/aromatic N) is 1. The number of amides is 1. The van der Waals surface area contributed by atoms with Crippen LogP contribution in [0.25, 0.3) is 0 Å². The van der Waals surface area contributed by atoms with E-state index in [4.69, 9.17) is 11.6 Å². The van der Waals surface area contributed by atoms with Crippen molar-refractivity contribution < 1.29 is 9.90 Å². The number of likely N-dealkylation sites (tertiary alicyclic amines) is 1. The zero-order valence-corrected chi connectivity index (χ0v) is 13.9. The van der Waals surface area contributed by atoms with E-state index in [9.17, 15) is 9.90 Å². The average molecular weight is 341 g/mol. The molecule has 0 bridgehead atoms. The summed E-state index contributed by atoms with van der Waals surface area (Å²) in [6.45, 7) is 1.47. The number of nitrogens with one attached hydrogen (secondary N) is 1. The third-order valence-electron chi connectivity index (χ3n) is 4.52. The number of hydrogen-bond acceptors (Lipinski definition) is 4. The molecule has 0 saturated carbocycles. The first-order valence-corrected chi connectivity index (χ1v) is 9.22. The van der Waals surface area contributed by atoms with Crippen molar-refractivity contribution in [1.82, 2.24) is 10.2 Å². The number of aliphatic hydroxyl groups excluding tert-OH is 1. The molecule has 0 aliphatic carbocycles. The molecule has 1 amide bonds. The second kappa shape index (κ2) is 7.21. The second-order valence-corrected chi connectivity index (χ2v) is 7.40. The smallest absolute Gasteiger partial charge is 0.240 e. The van der Waals surface area contributed by atoms with Crippen LogP contribution < -0.4 is 5.32 Å². The van der Waals surface area contributed by atoms with Gasteiger partial charge in [-0.25, -0.2) is 0 Å². The lowest BCUT2D eigenvalue weighted by molar-refractivity contribution is -0.134. The van der Waals surface area contributed by atoms with Crippen molar-refractivity contribution >= 4 is 29.3 Å². The molecule has 2 aliphatic heterocycles. The number of halogens is 1. The molecule has 0 radical (unpaired) electrons. The molecule has 2 saturated heterocycles. The number of carbonyl (C=O) groups is 1. The minimum absolute atomic E-state index is 0.0252. The van der Waals surface area contributed by atoms with E-state index in [1.165, 1.54) is 0 Å². The largest absolute Gasteiger partial charge is 0.388 e. The molecule has 6 heteroatoms. The molecule has 0 aromatic heterocycles. The van der Waals surface area contributed by atoms with Crippen molar-refractivity contribution in [2.24, 2.45) is 5.92 Å². The first-order chi connectivity index (χ1) is 10.6. The van der Waals surface area contributed by atoms with Gasteiger partial charge >= 0.3 is 0 Å². The van der Waals surface area contributed by atoms with Crippen LogP contribution in [0.5, 0.6) is 0 Å². The summed E-state index contributed by atoms with van der Waals surface area (Å²) in [5, 5.41) is 14.4. The predicted molar refractivity (Wildman–Crippen MR) is 90.0 cm³/mol. The molecule has 1 aromatic rings.